The number of benzene rings is 8. The van der Waals surface area contributed by atoms with Crippen LogP contribution in [0.5, 0.6) is 0 Å². The maximum absolute atomic E-state index is 6.55. The maximum atomic E-state index is 6.55. The molecule has 0 aliphatic heterocycles. The first-order chi connectivity index (χ1) is 28.3. The number of para-hydroxylation sites is 1. The van der Waals surface area contributed by atoms with Gasteiger partial charge in [-0.3, -0.25) is 4.57 Å². The molecule has 264 valence electrons. The van der Waals surface area contributed by atoms with Crippen molar-refractivity contribution in [2.45, 2.75) is 5.41 Å². The van der Waals surface area contributed by atoms with E-state index < -0.39 is 5.41 Å². The highest BCUT2D eigenvalue weighted by atomic mass is 16.3. The Morgan fingerprint density at radius 2 is 1.05 bits per heavy atom. The molecule has 3 aromatic heterocycles. The lowest BCUT2D eigenvalue weighted by atomic mass is 9.70. The second kappa shape index (κ2) is 11.2. The van der Waals surface area contributed by atoms with Crippen molar-refractivity contribution in [2.75, 3.05) is 0 Å². The maximum Gasteiger partial charge on any atom is 0.162 e. The Morgan fingerprint density at radius 3 is 1.79 bits per heavy atom. The molecule has 4 heteroatoms. The molecule has 0 bridgehead atoms. The Hall–Kier alpha value is -7.56. The zero-order valence-electron chi connectivity index (χ0n) is 30.6. The third-order valence-electron chi connectivity index (χ3n) is 12.4. The molecular formula is C53H31N3O. The van der Waals surface area contributed by atoms with Gasteiger partial charge in [-0.15, -0.1) is 0 Å². The van der Waals surface area contributed by atoms with E-state index in [9.17, 15) is 0 Å². The van der Waals surface area contributed by atoms with Crippen LogP contribution in [-0.2, 0) is 5.41 Å². The third-order valence-corrected chi connectivity index (χ3v) is 12.4. The van der Waals surface area contributed by atoms with Crippen LogP contribution >= 0.6 is 0 Å². The van der Waals surface area contributed by atoms with Gasteiger partial charge in [0.2, 0.25) is 0 Å². The van der Waals surface area contributed by atoms with Gasteiger partial charge in [-0.05, 0) is 57.1 Å². The van der Waals surface area contributed by atoms with E-state index in [4.69, 9.17) is 14.4 Å². The SMILES string of the molecule is c1ccc(-c2cc(-n3c4ccc5oc6ccccc6c5c4c4ccc5c(c43)-c3ccccc3C53c4ccccc4-c4ccccc43)nc(-c3ccccc3)n2)cc1. The highest BCUT2D eigenvalue weighted by Crippen LogP contribution is 2.64. The van der Waals surface area contributed by atoms with E-state index in [0.29, 0.717) is 5.82 Å². The van der Waals surface area contributed by atoms with Crippen LogP contribution < -0.4 is 0 Å². The zero-order chi connectivity index (χ0) is 37.2. The zero-order valence-corrected chi connectivity index (χ0v) is 30.6. The molecule has 0 radical (unpaired) electrons. The molecular weight excluding hydrogens is 695 g/mol. The fraction of sp³-hybridized carbons (Fsp3) is 0.0189. The van der Waals surface area contributed by atoms with E-state index in [1.807, 2.05) is 18.2 Å². The topological polar surface area (TPSA) is 43.9 Å². The molecule has 13 rings (SSSR count). The molecule has 3 heterocycles. The predicted octanol–water partition coefficient (Wildman–Crippen LogP) is 13.2. The summed E-state index contributed by atoms with van der Waals surface area (Å²) >= 11 is 0. The van der Waals surface area contributed by atoms with E-state index in [-0.39, 0.29) is 0 Å². The fourth-order valence-corrected chi connectivity index (χ4v) is 10.2. The van der Waals surface area contributed by atoms with Crippen LogP contribution in [0.1, 0.15) is 22.3 Å². The molecule has 4 nitrogen and oxygen atoms in total. The van der Waals surface area contributed by atoms with E-state index in [1.54, 1.807) is 0 Å². The molecule has 57 heavy (non-hydrogen) atoms. The summed E-state index contributed by atoms with van der Waals surface area (Å²) in [7, 11) is 0. The summed E-state index contributed by atoms with van der Waals surface area (Å²) in [6.07, 6.45) is 0. The average Bonchev–Trinajstić information content (AvgIpc) is 4.00. The molecule has 0 atom stereocenters. The highest BCUT2D eigenvalue weighted by Gasteiger charge is 2.52. The number of furan rings is 1. The number of rotatable bonds is 3. The van der Waals surface area contributed by atoms with Crippen molar-refractivity contribution in [1.29, 1.82) is 0 Å². The lowest BCUT2D eigenvalue weighted by Gasteiger charge is -2.30. The lowest BCUT2D eigenvalue weighted by Crippen LogP contribution is -2.25. The van der Waals surface area contributed by atoms with Crippen LogP contribution in [0, 0.1) is 0 Å². The van der Waals surface area contributed by atoms with Crippen molar-refractivity contribution >= 4 is 43.7 Å². The number of hydrogen-bond acceptors (Lipinski definition) is 3. The average molecular weight is 726 g/mol. The van der Waals surface area contributed by atoms with Gasteiger partial charge in [-0.1, -0.05) is 164 Å². The van der Waals surface area contributed by atoms with Crippen LogP contribution in [0.2, 0.25) is 0 Å². The summed E-state index contributed by atoms with van der Waals surface area (Å²) in [6.45, 7) is 0. The van der Waals surface area contributed by atoms with Crippen molar-refractivity contribution in [2.24, 2.45) is 0 Å². The number of aromatic nitrogens is 3. The molecule has 8 aromatic carbocycles. The van der Waals surface area contributed by atoms with E-state index in [0.717, 1.165) is 66.4 Å². The normalized spacial score (nSPS) is 13.4. The molecule has 0 saturated heterocycles. The van der Waals surface area contributed by atoms with Gasteiger partial charge < -0.3 is 4.42 Å². The van der Waals surface area contributed by atoms with Gasteiger partial charge in [0, 0.05) is 44.3 Å². The largest absolute Gasteiger partial charge is 0.456 e. The van der Waals surface area contributed by atoms with Crippen LogP contribution in [0.4, 0.5) is 0 Å². The molecule has 1 spiro atoms. The van der Waals surface area contributed by atoms with Crippen molar-refractivity contribution < 1.29 is 4.42 Å². The second-order valence-electron chi connectivity index (χ2n) is 15.2. The Labute approximate surface area is 328 Å². The summed E-state index contributed by atoms with van der Waals surface area (Å²) in [5, 5.41) is 4.53. The summed E-state index contributed by atoms with van der Waals surface area (Å²) in [5.74, 6) is 1.49. The monoisotopic (exact) mass is 725 g/mol. The molecule has 2 aliphatic carbocycles. The van der Waals surface area contributed by atoms with E-state index in [1.165, 1.54) is 44.5 Å². The Bertz CT molecular complexity index is 3360. The second-order valence-corrected chi connectivity index (χ2v) is 15.2. The summed E-state index contributed by atoms with van der Waals surface area (Å²) in [5.41, 5.74) is 16.6. The Kier molecular flexibility index (Phi) is 6.07. The number of nitrogens with zero attached hydrogens (tertiary/aromatic N) is 3. The number of hydrogen-bond donors (Lipinski definition) is 0. The fourth-order valence-electron chi connectivity index (χ4n) is 10.2. The summed E-state index contributed by atoms with van der Waals surface area (Å²) < 4.78 is 8.96. The third kappa shape index (κ3) is 3.96. The molecule has 0 N–H and O–H groups in total. The Balaban J connectivity index is 1.24. The minimum absolute atomic E-state index is 0.484. The van der Waals surface area contributed by atoms with Crippen LogP contribution in [-0.4, -0.2) is 14.5 Å². The van der Waals surface area contributed by atoms with Crippen molar-refractivity contribution in [1.82, 2.24) is 14.5 Å². The minimum atomic E-state index is -0.484. The standard InChI is InChI=1S/C53H31N3O/c1-3-15-32(16-4-1)43-31-47(55-52(54-43)33-17-5-2-6-18-33)56-44-29-30-46-50(37-22-10-14-26-45(37)57-46)49(44)38-27-28-42-48(51(38)56)36-21-9-13-25-41(36)53(42)39-23-11-7-19-34(39)35-20-8-12-24-40(35)53/h1-31H. The van der Waals surface area contributed by atoms with Crippen LogP contribution in [0.25, 0.3) is 94.5 Å². The summed E-state index contributed by atoms with van der Waals surface area (Å²) in [6, 6.07) is 67.5. The molecule has 11 aromatic rings. The lowest BCUT2D eigenvalue weighted by molar-refractivity contribution is 0.669. The Morgan fingerprint density at radius 1 is 0.439 bits per heavy atom. The highest BCUT2D eigenvalue weighted by molar-refractivity contribution is 6.29. The van der Waals surface area contributed by atoms with Gasteiger partial charge in [0.15, 0.2) is 5.82 Å². The van der Waals surface area contributed by atoms with E-state index in [2.05, 4.69) is 174 Å². The van der Waals surface area contributed by atoms with Crippen molar-refractivity contribution in [3.05, 3.63) is 210 Å². The first-order valence-electron chi connectivity index (χ1n) is 19.5. The number of fused-ring (bicyclic) bond motifs is 18. The van der Waals surface area contributed by atoms with Gasteiger partial charge in [0.1, 0.15) is 17.0 Å². The molecule has 0 saturated carbocycles. The summed E-state index contributed by atoms with van der Waals surface area (Å²) in [4.78, 5) is 10.7. The predicted molar refractivity (Wildman–Crippen MR) is 231 cm³/mol. The minimum Gasteiger partial charge on any atom is -0.456 e. The molecule has 2 aliphatic rings. The van der Waals surface area contributed by atoms with Gasteiger partial charge in [0.25, 0.3) is 0 Å². The van der Waals surface area contributed by atoms with E-state index >= 15 is 0 Å². The first-order valence-corrected chi connectivity index (χ1v) is 19.5. The molecule has 0 unspecified atom stereocenters. The van der Waals surface area contributed by atoms with Gasteiger partial charge in [0.05, 0.1) is 22.1 Å². The van der Waals surface area contributed by atoms with Crippen molar-refractivity contribution in [3.8, 4) is 50.7 Å². The van der Waals surface area contributed by atoms with Crippen LogP contribution in [0.15, 0.2) is 192 Å². The van der Waals surface area contributed by atoms with Gasteiger partial charge in [-0.25, -0.2) is 9.97 Å². The quantitative estimate of drug-likeness (QED) is 0.182. The van der Waals surface area contributed by atoms with Crippen LogP contribution in [0.3, 0.4) is 0 Å². The molecule has 0 amide bonds. The van der Waals surface area contributed by atoms with Gasteiger partial charge in [-0.2, -0.15) is 0 Å². The first kappa shape index (κ1) is 30.7. The molecule has 0 fully saturated rings. The van der Waals surface area contributed by atoms with Gasteiger partial charge >= 0.3 is 0 Å². The van der Waals surface area contributed by atoms with Crippen molar-refractivity contribution in [3.63, 3.8) is 0 Å². The smallest absolute Gasteiger partial charge is 0.162 e.